The van der Waals surface area contributed by atoms with E-state index in [2.05, 4.69) is 4.90 Å². The van der Waals surface area contributed by atoms with Gasteiger partial charge in [-0.15, -0.1) is 0 Å². The molecule has 0 aliphatic carbocycles. The molecular weight excluding hydrogens is 302 g/mol. The number of rotatable bonds is 1. The number of amides is 2. The highest BCUT2D eigenvalue weighted by Crippen LogP contribution is 2.42. The summed E-state index contributed by atoms with van der Waals surface area (Å²) in [4.78, 5) is 30.5. The molecule has 2 bridgehead atoms. The van der Waals surface area contributed by atoms with Crippen LogP contribution in [0.2, 0.25) is 0 Å². The van der Waals surface area contributed by atoms with Gasteiger partial charge >= 0.3 is 0 Å². The molecule has 0 radical (unpaired) electrons. The van der Waals surface area contributed by atoms with Crippen LogP contribution >= 0.6 is 0 Å². The van der Waals surface area contributed by atoms with E-state index in [-0.39, 0.29) is 17.4 Å². The van der Waals surface area contributed by atoms with Crippen LogP contribution in [0.3, 0.4) is 0 Å². The molecule has 0 atom stereocenters. The number of hydrogen-bond acceptors (Lipinski definition) is 4. The van der Waals surface area contributed by atoms with Gasteiger partial charge in [-0.25, -0.2) is 0 Å². The molecule has 5 heteroatoms. The van der Waals surface area contributed by atoms with Crippen LogP contribution in [0.1, 0.15) is 40.0 Å². The third kappa shape index (κ3) is 1.62. The first-order valence-electron chi connectivity index (χ1n) is 8.53. The first-order valence-corrected chi connectivity index (χ1v) is 8.53. The number of nitrogens with two attached hydrogens (primary N) is 1. The molecule has 0 saturated carbocycles. The van der Waals surface area contributed by atoms with Crippen LogP contribution in [0.15, 0.2) is 30.3 Å². The van der Waals surface area contributed by atoms with E-state index in [0.29, 0.717) is 22.2 Å². The first-order chi connectivity index (χ1) is 11.6. The zero-order valence-corrected chi connectivity index (χ0v) is 13.4. The van der Waals surface area contributed by atoms with Gasteiger partial charge in [-0.3, -0.25) is 14.5 Å². The number of fused-ring (bicyclic) bond motifs is 3. The van der Waals surface area contributed by atoms with Gasteiger partial charge in [0, 0.05) is 47.2 Å². The van der Waals surface area contributed by atoms with Gasteiger partial charge in [0.1, 0.15) is 0 Å². The summed E-state index contributed by atoms with van der Waals surface area (Å²) in [6.45, 7) is 2.90. The molecule has 2 aromatic carbocycles. The molecule has 4 aliphatic rings. The van der Waals surface area contributed by atoms with Crippen LogP contribution in [0.25, 0.3) is 10.8 Å². The number of carbonyl (C=O) groups is 2. The highest BCUT2D eigenvalue weighted by atomic mass is 16.2. The third-order valence-electron chi connectivity index (χ3n) is 6.10. The number of benzene rings is 2. The van der Waals surface area contributed by atoms with Crippen LogP contribution in [0.4, 0.5) is 5.69 Å². The Hall–Kier alpha value is -2.40. The minimum Gasteiger partial charge on any atom is -0.398 e. The number of hydrogen-bond donors (Lipinski definition) is 1. The lowest BCUT2D eigenvalue weighted by atomic mass is 9.76. The molecule has 0 aromatic heterocycles. The molecule has 4 aliphatic heterocycles. The van der Waals surface area contributed by atoms with Crippen molar-refractivity contribution in [1.29, 1.82) is 0 Å². The largest absolute Gasteiger partial charge is 0.398 e. The summed E-state index contributed by atoms with van der Waals surface area (Å²) < 4.78 is 0. The summed E-state index contributed by atoms with van der Waals surface area (Å²) in [5.41, 5.74) is 7.56. The molecule has 5 nitrogen and oxygen atoms in total. The van der Waals surface area contributed by atoms with Crippen molar-refractivity contribution in [3.63, 3.8) is 0 Å². The molecule has 4 heterocycles. The zero-order chi connectivity index (χ0) is 16.5. The maximum Gasteiger partial charge on any atom is 0.261 e. The topological polar surface area (TPSA) is 66.6 Å². The number of piperidine rings is 3. The second-order valence-corrected chi connectivity index (χ2v) is 7.19. The van der Waals surface area contributed by atoms with Gasteiger partial charge < -0.3 is 10.6 Å². The average molecular weight is 321 g/mol. The standard InChI is InChI=1S/C19H19N3O2/c20-15-5-4-14-16-12(15)2-1-3-13(16)17(23)22(18(14)24)19-6-9-21(10-7-19)11-8-19/h1-5H,6-11,20H2. The number of anilines is 1. The summed E-state index contributed by atoms with van der Waals surface area (Å²) in [5.74, 6) is -0.307. The van der Waals surface area contributed by atoms with Crippen molar-refractivity contribution in [2.45, 2.75) is 24.8 Å². The van der Waals surface area contributed by atoms with Gasteiger partial charge in [0.15, 0.2) is 0 Å². The summed E-state index contributed by atoms with van der Waals surface area (Å²) in [6.07, 6.45) is 2.64. The highest BCUT2D eigenvalue weighted by molar-refractivity contribution is 6.27. The zero-order valence-electron chi connectivity index (χ0n) is 13.4. The number of nitrogen functional groups attached to an aromatic ring is 1. The van der Waals surface area contributed by atoms with E-state index in [9.17, 15) is 9.59 Å². The summed E-state index contributed by atoms with van der Waals surface area (Å²) in [6, 6.07) is 9.10. The van der Waals surface area contributed by atoms with E-state index >= 15 is 0 Å². The SMILES string of the molecule is Nc1ccc2c3c(cccc13)C(=O)N(C13CCN(CC1)CC3)C2=O. The van der Waals surface area contributed by atoms with E-state index < -0.39 is 0 Å². The number of imide groups is 1. The Kier molecular flexibility index (Phi) is 2.66. The molecule has 0 spiro atoms. The third-order valence-corrected chi connectivity index (χ3v) is 6.10. The second kappa shape index (κ2) is 4.57. The molecule has 122 valence electrons. The van der Waals surface area contributed by atoms with Crippen LogP contribution in [-0.2, 0) is 0 Å². The fourth-order valence-corrected chi connectivity index (χ4v) is 4.69. The van der Waals surface area contributed by atoms with Crippen molar-refractivity contribution in [2.75, 3.05) is 25.4 Å². The van der Waals surface area contributed by atoms with Gasteiger partial charge in [-0.1, -0.05) is 12.1 Å². The lowest BCUT2D eigenvalue weighted by molar-refractivity contribution is -0.0136. The smallest absolute Gasteiger partial charge is 0.261 e. The Morgan fingerprint density at radius 3 is 2.17 bits per heavy atom. The number of carbonyl (C=O) groups excluding carboxylic acids is 2. The Morgan fingerprint density at radius 1 is 0.875 bits per heavy atom. The quantitative estimate of drug-likeness (QED) is 0.646. The Morgan fingerprint density at radius 2 is 1.50 bits per heavy atom. The summed E-state index contributed by atoms with van der Waals surface area (Å²) in [5, 5.41) is 1.51. The van der Waals surface area contributed by atoms with Crippen molar-refractivity contribution in [3.05, 3.63) is 41.5 Å². The van der Waals surface area contributed by atoms with E-state index in [0.717, 1.165) is 44.3 Å². The van der Waals surface area contributed by atoms with Gasteiger partial charge in [0.2, 0.25) is 0 Å². The molecule has 0 unspecified atom stereocenters. The maximum absolute atomic E-state index is 13.3. The minimum atomic E-state index is -0.315. The van der Waals surface area contributed by atoms with Gasteiger partial charge in [-0.2, -0.15) is 0 Å². The Labute approximate surface area is 140 Å². The molecule has 2 aromatic rings. The van der Waals surface area contributed by atoms with Crippen molar-refractivity contribution in [3.8, 4) is 0 Å². The molecule has 3 saturated heterocycles. The molecule has 24 heavy (non-hydrogen) atoms. The van der Waals surface area contributed by atoms with Crippen molar-refractivity contribution < 1.29 is 9.59 Å². The van der Waals surface area contributed by atoms with E-state index in [1.807, 2.05) is 18.2 Å². The Bertz CT molecular complexity index is 861. The molecule has 2 N–H and O–H groups in total. The van der Waals surface area contributed by atoms with Crippen molar-refractivity contribution >= 4 is 28.3 Å². The molecular formula is C19H19N3O2. The monoisotopic (exact) mass is 321 g/mol. The van der Waals surface area contributed by atoms with Crippen LogP contribution < -0.4 is 5.73 Å². The first kappa shape index (κ1) is 14.0. The van der Waals surface area contributed by atoms with Crippen LogP contribution in [0.5, 0.6) is 0 Å². The molecule has 3 fully saturated rings. The number of nitrogens with zero attached hydrogens (tertiary/aromatic N) is 2. The van der Waals surface area contributed by atoms with Crippen molar-refractivity contribution in [2.24, 2.45) is 0 Å². The van der Waals surface area contributed by atoms with Gasteiger partial charge in [0.05, 0.1) is 5.54 Å². The van der Waals surface area contributed by atoms with E-state index in [4.69, 9.17) is 5.73 Å². The molecule has 2 amide bonds. The average Bonchev–Trinajstić information content (AvgIpc) is 2.62. The van der Waals surface area contributed by atoms with E-state index in [1.54, 1.807) is 17.0 Å². The maximum atomic E-state index is 13.3. The van der Waals surface area contributed by atoms with Gasteiger partial charge in [0.25, 0.3) is 11.8 Å². The fraction of sp³-hybridized carbons (Fsp3) is 0.368. The highest BCUT2D eigenvalue weighted by Gasteiger charge is 2.50. The predicted molar refractivity (Wildman–Crippen MR) is 91.9 cm³/mol. The summed E-state index contributed by atoms with van der Waals surface area (Å²) >= 11 is 0. The summed E-state index contributed by atoms with van der Waals surface area (Å²) in [7, 11) is 0. The van der Waals surface area contributed by atoms with E-state index in [1.165, 1.54) is 0 Å². The minimum absolute atomic E-state index is 0.154. The van der Waals surface area contributed by atoms with Crippen molar-refractivity contribution in [1.82, 2.24) is 9.80 Å². The Balaban J connectivity index is 1.73. The lowest BCUT2D eigenvalue weighted by Crippen LogP contribution is -2.64. The normalized spacial score (nSPS) is 28.7. The van der Waals surface area contributed by atoms with Crippen LogP contribution in [-0.4, -0.2) is 46.8 Å². The van der Waals surface area contributed by atoms with Gasteiger partial charge in [-0.05, 0) is 37.5 Å². The lowest BCUT2D eigenvalue weighted by Gasteiger charge is -2.53. The van der Waals surface area contributed by atoms with Crippen LogP contribution in [0, 0.1) is 0 Å². The fourth-order valence-electron chi connectivity index (χ4n) is 4.69. The second-order valence-electron chi connectivity index (χ2n) is 7.19. The molecule has 6 rings (SSSR count). The predicted octanol–water partition coefficient (Wildman–Crippen LogP) is 2.26.